The summed E-state index contributed by atoms with van der Waals surface area (Å²) in [5.74, 6) is -1.05. The summed E-state index contributed by atoms with van der Waals surface area (Å²) in [4.78, 5) is 0. The van der Waals surface area contributed by atoms with Crippen molar-refractivity contribution in [3.8, 4) is 11.1 Å². The maximum Gasteiger partial charge on any atom is 0.142 e. The molecule has 0 aliphatic rings. The Morgan fingerprint density at radius 2 is 1.50 bits per heavy atom. The molecule has 0 fully saturated rings. The van der Waals surface area contributed by atoms with Crippen molar-refractivity contribution in [3.05, 3.63) is 106 Å². The summed E-state index contributed by atoms with van der Waals surface area (Å²) >= 11 is 5.71. The molecule has 4 rings (SSSR count). The first-order valence-corrected chi connectivity index (χ1v) is 10.3. The van der Waals surface area contributed by atoms with E-state index in [1.807, 2.05) is 19.1 Å². The Labute approximate surface area is 178 Å². The highest BCUT2D eigenvalue weighted by atomic mass is 35.5. The van der Waals surface area contributed by atoms with Crippen molar-refractivity contribution in [1.82, 2.24) is 0 Å². The van der Waals surface area contributed by atoms with Crippen LogP contribution >= 0.6 is 11.6 Å². The number of benzene rings is 4. The highest BCUT2D eigenvalue weighted by Crippen LogP contribution is 2.30. The molecule has 0 bridgehead atoms. The second kappa shape index (κ2) is 8.53. The molecule has 0 nitrogen and oxygen atoms in total. The maximum absolute atomic E-state index is 15.1. The first kappa shape index (κ1) is 20.5. The van der Waals surface area contributed by atoms with Gasteiger partial charge in [-0.15, -0.1) is 0 Å². The van der Waals surface area contributed by atoms with Gasteiger partial charge in [0, 0.05) is 10.9 Å². The lowest BCUT2D eigenvalue weighted by Crippen LogP contribution is -1.97. The zero-order chi connectivity index (χ0) is 21.3. The van der Waals surface area contributed by atoms with Gasteiger partial charge in [0.1, 0.15) is 17.5 Å². The molecule has 0 atom stereocenters. The molecule has 0 saturated heterocycles. The van der Waals surface area contributed by atoms with Gasteiger partial charge in [-0.3, -0.25) is 0 Å². The molecule has 0 aromatic heterocycles. The fourth-order valence-electron chi connectivity index (χ4n) is 3.68. The lowest BCUT2D eigenvalue weighted by Gasteiger charge is -2.10. The van der Waals surface area contributed by atoms with Gasteiger partial charge in [0.2, 0.25) is 0 Å². The van der Waals surface area contributed by atoms with Crippen molar-refractivity contribution in [2.75, 3.05) is 0 Å². The minimum atomic E-state index is -0.472. The predicted molar refractivity (Wildman–Crippen MR) is 117 cm³/mol. The minimum absolute atomic E-state index is 0.0761. The van der Waals surface area contributed by atoms with Crippen LogP contribution in [0.15, 0.2) is 66.7 Å². The van der Waals surface area contributed by atoms with Gasteiger partial charge in [0.25, 0.3) is 0 Å². The zero-order valence-corrected chi connectivity index (χ0v) is 17.2. The number of fused-ring (bicyclic) bond motifs is 1. The van der Waals surface area contributed by atoms with Crippen LogP contribution in [0.4, 0.5) is 13.2 Å². The normalized spacial score (nSPS) is 11.2. The summed E-state index contributed by atoms with van der Waals surface area (Å²) in [7, 11) is 0. The molecule has 0 aliphatic carbocycles. The summed E-state index contributed by atoms with van der Waals surface area (Å²) in [5, 5.41) is 1.28. The van der Waals surface area contributed by atoms with E-state index in [9.17, 15) is 8.78 Å². The van der Waals surface area contributed by atoms with E-state index < -0.39 is 5.82 Å². The molecule has 4 heteroatoms. The van der Waals surface area contributed by atoms with E-state index in [2.05, 4.69) is 0 Å². The first-order chi connectivity index (χ1) is 14.5. The van der Waals surface area contributed by atoms with Crippen LogP contribution in [0.3, 0.4) is 0 Å². The van der Waals surface area contributed by atoms with Crippen molar-refractivity contribution in [2.45, 2.75) is 26.2 Å². The summed E-state index contributed by atoms with van der Waals surface area (Å²) in [5.41, 5.74) is 3.48. The Morgan fingerprint density at radius 3 is 2.23 bits per heavy atom. The third kappa shape index (κ3) is 4.08. The topological polar surface area (TPSA) is 0 Å². The summed E-state index contributed by atoms with van der Waals surface area (Å²) in [6.45, 7) is 1.98. The van der Waals surface area contributed by atoms with Gasteiger partial charge in [-0.05, 0) is 71.2 Å². The predicted octanol–water partition coefficient (Wildman–Crippen LogP) is 7.93. The van der Waals surface area contributed by atoms with E-state index in [0.717, 1.165) is 17.5 Å². The smallest absolute Gasteiger partial charge is 0.142 e. The monoisotopic (exact) mass is 424 g/mol. The van der Waals surface area contributed by atoms with E-state index in [1.165, 1.54) is 12.1 Å². The number of hydrogen-bond acceptors (Lipinski definition) is 0. The molecular formula is C26H20ClF3. The molecule has 0 amide bonds. The van der Waals surface area contributed by atoms with Gasteiger partial charge in [-0.1, -0.05) is 61.0 Å². The summed E-state index contributed by atoms with van der Waals surface area (Å²) in [6, 6.07) is 18.7. The molecule has 30 heavy (non-hydrogen) atoms. The fourth-order valence-corrected chi connectivity index (χ4v) is 3.80. The van der Waals surface area contributed by atoms with E-state index in [-0.39, 0.29) is 16.7 Å². The fraction of sp³-hybridized carbons (Fsp3) is 0.154. The molecule has 0 radical (unpaired) electrons. The Bertz CT molecular complexity index is 1230. The molecule has 0 saturated carbocycles. The Hall–Kier alpha value is -2.78. The van der Waals surface area contributed by atoms with Crippen LogP contribution in [-0.2, 0) is 19.3 Å². The van der Waals surface area contributed by atoms with Gasteiger partial charge >= 0.3 is 0 Å². The van der Waals surface area contributed by atoms with E-state index >= 15 is 4.39 Å². The second-order valence-corrected chi connectivity index (χ2v) is 7.80. The number of halogens is 4. The maximum atomic E-state index is 15.1. The van der Waals surface area contributed by atoms with Gasteiger partial charge in [-0.25, -0.2) is 13.2 Å². The molecule has 0 unspecified atom stereocenters. The van der Waals surface area contributed by atoms with E-state index in [0.29, 0.717) is 40.3 Å². The largest absolute Gasteiger partial charge is 0.206 e. The van der Waals surface area contributed by atoms with Gasteiger partial charge in [0.15, 0.2) is 0 Å². The number of hydrogen-bond donors (Lipinski definition) is 0. The Kier molecular flexibility index (Phi) is 5.83. The molecule has 0 spiro atoms. The van der Waals surface area contributed by atoms with Crippen molar-refractivity contribution in [2.24, 2.45) is 0 Å². The van der Waals surface area contributed by atoms with Crippen molar-refractivity contribution >= 4 is 22.4 Å². The Morgan fingerprint density at radius 1 is 0.733 bits per heavy atom. The standard InChI is InChI=1S/C26H20ClF3/c1-2-16-4-10-21(24(28)13-16)19-9-11-22-20(15-19)8-7-18(26(22)30)6-3-17-5-12-23(27)25(29)14-17/h4-5,7-15H,2-3,6H2,1H3. The second-order valence-electron chi connectivity index (χ2n) is 7.39. The highest BCUT2D eigenvalue weighted by Gasteiger charge is 2.11. The third-order valence-electron chi connectivity index (χ3n) is 5.45. The molecule has 0 heterocycles. The molecule has 0 aliphatic heterocycles. The number of rotatable bonds is 5. The van der Waals surface area contributed by atoms with Crippen LogP contribution in [0, 0.1) is 17.5 Å². The third-order valence-corrected chi connectivity index (χ3v) is 5.76. The minimum Gasteiger partial charge on any atom is -0.206 e. The highest BCUT2D eigenvalue weighted by molar-refractivity contribution is 6.30. The van der Waals surface area contributed by atoms with Gasteiger partial charge in [-0.2, -0.15) is 0 Å². The van der Waals surface area contributed by atoms with E-state index in [1.54, 1.807) is 42.5 Å². The SMILES string of the molecule is CCc1ccc(-c2ccc3c(F)c(CCc4ccc(Cl)c(F)c4)ccc3c2)c(F)c1. The van der Waals surface area contributed by atoms with Crippen LogP contribution in [-0.4, -0.2) is 0 Å². The van der Waals surface area contributed by atoms with Crippen molar-refractivity contribution in [1.29, 1.82) is 0 Å². The van der Waals surface area contributed by atoms with Crippen LogP contribution in [0.2, 0.25) is 5.02 Å². The van der Waals surface area contributed by atoms with Crippen molar-refractivity contribution in [3.63, 3.8) is 0 Å². The average Bonchev–Trinajstić information content (AvgIpc) is 2.75. The molecular weight excluding hydrogens is 405 g/mol. The van der Waals surface area contributed by atoms with Crippen LogP contribution in [0.1, 0.15) is 23.6 Å². The molecule has 0 N–H and O–H groups in total. The van der Waals surface area contributed by atoms with Gasteiger partial charge < -0.3 is 0 Å². The molecule has 4 aromatic carbocycles. The average molecular weight is 425 g/mol. The van der Waals surface area contributed by atoms with Crippen molar-refractivity contribution < 1.29 is 13.2 Å². The van der Waals surface area contributed by atoms with E-state index in [4.69, 9.17) is 11.6 Å². The zero-order valence-electron chi connectivity index (χ0n) is 16.5. The quantitative estimate of drug-likeness (QED) is 0.305. The van der Waals surface area contributed by atoms with Crippen LogP contribution in [0.5, 0.6) is 0 Å². The van der Waals surface area contributed by atoms with Crippen LogP contribution in [0.25, 0.3) is 21.9 Å². The lowest BCUT2D eigenvalue weighted by molar-refractivity contribution is 0.617. The van der Waals surface area contributed by atoms with Gasteiger partial charge in [0.05, 0.1) is 5.02 Å². The summed E-state index contributed by atoms with van der Waals surface area (Å²) < 4.78 is 43.1. The Balaban J connectivity index is 1.61. The summed E-state index contributed by atoms with van der Waals surface area (Å²) in [6.07, 6.45) is 1.72. The lowest BCUT2D eigenvalue weighted by atomic mass is 9.96. The number of aryl methyl sites for hydroxylation is 3. The van der Waals surface area contributed by atoms with Crippen LogP contribution < -0.4 is 0 Å². The molecule has 152 valence electrons. The molecule has 4 aromatic rings. The first-order valence-electron chi connectivity index (χ1n) is 9.90.